The van der Waals surface area contributed by atoms with Crippen molar-refractivity contribution < 1.29 is 9.15 Å². The lowest BCUT2D eigenvalue weighted by Crippen LogP contribution is -1.94. The molecule has 2 heterocycles. The fourth-order valence-electron chi connectivity index (χ4n) is 2.21. The summed E-state index contributed by atoms with van der Waals surface area (Å²) in [4.78, 5) is 0. The lowest BCUT2D eigenvalue weighted by molar-refractivity contribution is 0.414. The van der Waals surface area contributed by atoms with Gasteiger partial charge in [-0.3, -0.25) is 0 Å². The van der Waals surface area contributed by atoms with Crippen molar-refractivity contribution in [2.24, 2.45) is 0 Å². The average Bonchev–Trinajstić information content (AvgIpc) is 3.29. The molecule has 3 aromatic rings. The molecule has 2 aromatic heterocycles. The first-order chi connectivity index (χ1) is 11.7. The van der Waals surface area contributed by atoms with Crippen LogP contribution in [0.5, 0.6) is 5.75 Å². The van der Waals surface area contributed by atoms with Crippen LogP contribution in [-0.4, -0.2) is 16.9 Å². The first kappa shape index (κ1) is 15.1. The molecule has 0 unspecified atom stereocenters. The third kappa shape index (κ3) is 2.90. The number of nitriles is 2. The number of ether oxygens (including phenoxy) is 1. The van der Waals surface area contributed by atoms with Gasteiger partial charge in [0.25, 0.3) is 0 Å². The molecule has 0 atom stereocenters. The average molecular weight is 316 g/mol. The van der Waals surface area contributed by atoms with E-state index in [0.29, 0.717) is 17.0 Å². The first-order valence-corrected chi connectivity index (χ1v) is 7.05. The van der Waals surface area contributed by atoms with Crippen molar-refractivity contribution in [2.75, 3.05) is 7.11 Å². The quantitative estimate of drug-likeness (QED) is 0.687. The minimum absolute atomic E-state index is 0.00270. The minimum Gasteiger partial charge on any atom is -0.497 e. The zero-order valence-electron chi connectivity index (χ0n) is 12.8. The molecule has 0 amide bonds. The number of aromatic nitrogens is 2. The largest absolute Gasteiger partial charge is 0.497 e. The summed E-state index contributed by atoms with van der Waals surface area (Å²) in [7, 11) is 1.60. The second-order valence-corrected chi connectivity index (χ2v) is 4.83. The van der Waals surface area contributed by atoms with E-state index in [4.69, 9.17) is 19.7 Å². The van der Waals surface area contributed by atoms with Crippen molar-refractivity contribution in [3.63, 3.8) is 0 Å². The Morgan fingerprint density at radius 3 is 2.54 bits per heavy atom. The summed E-state index contributed by atoms with van der Waals surface area (Å²) in [6, 6.07) is 14.6. The van der Waals surface area contributed by atoms with E-state index in [1.54, 1.807) is 36.4 Å². The van der Waals surface area contributed by atoms with Gasteiger partial charge in [-0.25, -0.2) is 4.68 Å². The second-order valence-electron chi connectivity index (χ2n) is 4.83. The maximum Gasteiger partial charge on any atom is 0.154 e. The van der Waals surface area contributed by atoms with E-state index >= 15 is 0 Å². The molecule has 0 bridgehead atoms. The molecule has 0 fully saturated rings. The van der Waals surface area contributed by atoms with Gasteiger partial charge < -0.3 is 9.15 Å². The number of hydrogen-bond donors (Lipinski definition) is 0. The van der Waals surface area contributed by atoms with Gasteiger partial charge in [0.05, 0.1) is 19.1 Å². The number of methoxy groups -OCH3 is 1. The molecule has 0 aliphatic heterocycles. The van der Waals surface area contributed by atoms with Gasteiger partial charge >= 0.3 is 0 Å². The van der Waals surface area contributed by atoms with Crippen molar-refractivity contribution >= 4 is 6.08 Å². The summed E-state index contributed by atoms with van der Waals surface area (Å²) >= 11 is 0. The monoisotopic (exact) mass is 316 g/mol. The summed E-state index contributed by atoms with van der Waals surface area (Å²) in [6.45, 7) is 0. The smallest absolute Gasteiger partial charge is 0.154 e. The predicted molar refractivity (Wildman–Crippen MR) is 87.0 cm³/mol. The summed E-state index contributed by atoms with van der Waals surface area (Å²) in [6.07, 6.45) is 4.78. The normalized spacial score (nSPS) is 9.79. The highest BCUT2D eigenvalue weighted by Gasteiger charge is 2.14. The molecule has 0 spiro atoms. The van der Waals surface area contributed by atoms with E-state index in [9.17, 15) is 0 Å². The molecular weight excluding hydrogens is 304 g/mol. The van der Waals surface area contributed by atoms with E-state index in [0.717, 1.165) is 11.4 Å². The van der Waals surface area contributed by atoms with Crippen LogP contribution >= 0.6 is 0 Å². The van der Waals surface area contributed by atoms with Crippen LogP contribution in [0.3, 0.4) is 0 Å². The maximum absolute atomic E-state index is 8.98. The number of nitrogens with zero attached hydrogens (tertiary/aromatic N) is 4. The Labute approximate surface area is 138 Å². The van der Waals surface area contributed by atoms with Crippen LogP contribution in [0.1, 0.15) is 5.56 Å². The van der Waals surface area contributed by atoms with Gasteiger partial charge in [-0.2, -0.15) is 15.6 Å². The molecule has 0 aliphatic carbocycles. The van der Waals surface area contributed by atoms with Crippen LogP contribution < -0.4 is 4.74 Å². The number of rotatable bonds is 4. The molecule has 24 heavy (non-hydrogen) atoms. The lowest BCUT2D eigenvalue weighted by atomic mass is 10.1. The fraction of sp³-hybridized carbons (Fsp3) is 0.0556. The zero-order valence-corrected chi connectivity index (χ0v) is 12.8. The highest BCUT2D eigenvalue weighted by molar-refractivity contribution is 5.73. The predicted octanol–water partition coefficient (Wildman–Crippen LogP) is 3.57. The van der Waals surface area contributed by atoms with Crippen molar-refractivity contribution in [1.82, 2.24) is 9.78 Å². The highest BCUT2D eigenvalue weighted by atomic mass is 16.5. The molecule has 6 nitrogen and oxygen atoms in total. The Bertz CT molecular complexity index is 936. The molecule has 3 rings (SSSR count). The Morgan fingerprint density at radius 2 is 1.96 bits per heavy atom. The fourth-order valence-corrected chi connectivity index (χ4v) is 2.21. The van der Waals surface area contributed by atoms with Crippen molar-refractivity contribution in [3.05, 3.63) is 60.0 Å². The molecule has 0 radical (unpaired) electrons. The van der Waals surface area contributed by atoms with Gasteiger partial charge in [0.15, 0.2) is 5.76 Å². The number of benzene rings is 1. The van der Waals surface area contributed by atoms with E-state index in [2.05, 4.69) is 5.10 Å². The SMILES string of the molecule is COc1ccc(-n2cc(C=C(C#N)C#N)c(-c3ccco3)n2)cc1. The van der Waals surface area contributed by atoms with E-state index in [-0.39, 0.29) is 5.57 Å². The Balaban J connectivity index is 2.11. The van der Waals surface area contributed by atoms with Gasteiger partial charge in [-0.15, -0.1) is 0 Å². The van der Waals surface area contributed by atoms with Gasteiger partial charge in [-0.1, -0.05) is 0 Å². The van der Waals surface area contributed by atoms with E-state index in [1.807, 2.05) is 36.4 Å². The molecule has 0 N–H and O–H groups in total. The summed E-state index contributed by atoms with van der Waals surface area (Å²) in [5, 5.41) is 22.5. The molecule has 0 saturated heterocycles. The van der Waals surface area contributed by atoms with Crippen LogP contribution in [0.4, 0.5) is 0 Å². The molecule has 0 aliphatic rings. The van der Waals surface area contributed by atoms with Gasteiger partial charge in [-0.05, 0) is 42.5 Å². The molecule has 0 saturated carbocycles. The topological polar surface area (TPSA) is 87.8 Å². The highest BCUT2D eigenvalue weighted by Crippen LogP contribution is 2.26. The van der Waals surface area contributed by atoms with Crippen LogP contribution in [0.25, 0.3) is 23.2 Å². The van der Waals surface area contributed by atoms with Crippen LogP contribution in [-0.2, 0) is 0 Å². The zero-order chi connectivity index (χ0) is 16.9. The number of allylic oxidation sites excluding steroid dienone is 1. The van der Waals surface area contributed by atoms with Crippen LogP contribution in [0, 0.1) is 22.7 Å². The lowest BCUT2D eigenvalue weighted by Gasteiger charge is -2.02. The van der Waals surface area contributed by atoms with Gasteiger partial charge in [0.2, 0.25) is 0 Å². The van der Waals surface area contributed by atoms with E-state index < -0.39 is 0 Å². The molecule has 6 heteroatoms. The van der Waals surface area contributed by atoms with Crippen molar-refractivity contribution in [3.8, 4) is 35.0 Å². The standard InChI is InChI=1S/C18H12N4O2/c1-23-16-6-4-15(5-7-16)22-12-14(9-13(10-19)11-20)18(21-22)17-3-2-8-24-17/h2-9,12H,1H3. The van der Waals surface area contributed by atoms with E-state index in [1.165, 1.54) is 6.08 Å². The number of furan rings is 1. The first-order valence-electron chi connectivity index (χ1n) is 7.05. The minimum atomic E-state index is -0.00270. The Kier molecular flexibility index (Phi) is 4.13. The third-order valence-electron chi connectivity index (χ3n) is 3.37. The van der Waals surface area contributed by atoms with Crippen LogP contribution in [0.2, 0.25) is 0 Å². The van der Waals surface area contributed by atoms with Gasteiger partial charge in [0.1, 0.15) is 29.2 Å². The van der Waals surface area contributed by atoms with Crippen molar-refractivity contribution in [1.29, 1.82) is 10.5 Å². The summed E-state index contributed by atoms with van der Waals surface area (Å²) in [5.41, 5.74) is 1.99. The van der Waals surface area contributed by atoms with Crippen LogP contribution in [0.15, 0.2) is 58.8 Å². The second kappa shape index (κ2) is 6.55. The summed E-state index contributed by atoms with van der Waals surface area (Å²) < 4.78 is 12.2. The third-order valence-corrected chi connectivity index (χ3v) is 3.37. The Hall–Kier alpha value is -3.77. The number of hydrogen-bond acceptors (Lipinski definition) is 5. The molecular formula is C18H12N4O2. The molecule has 1 aromatic carbocycles. The summed E-state index contributed by atoms with van der Waals surface area (Å²) in [5.74, 6) is 1.30. The maximum atomic E-state index is 8.98. The van der Waals surface area contributed by atoms with Gasteiger partial charge in [0, 0.05) is 11.8 Å². The Morgan fingerprint density at radius 1 is 1.21 bits per heavy atom. The molecule has 116 valence electrons. The van der Waals surface area contributed by atoms with Crippen molar-refractivity contribution in [2.45, 2.75) is 0 Å².